The summed E-state index contributed by atoms with van der Waals surface area (Å²) in [4.78, 5) is 28.2. The molecule has 7 heteroatoms. The lowest BCUT2D eigenvalue weighted by Crippen LogP contribution is -2.41. The molecule has 0 aliphatic heterocycles. The Hall–Kier alpha value is -2.02. The SMILES string of the molecule is O=C(O)CONC(=O)N(Cc1ccco1)C1CC1. The van der Waals surface area contributed by atoms with E-state index < -0.39 is 18.6 Å². The lowest BCUT2D eigenvalue weighted by molar-refractivity contribution is -0.144. The molecular formula is C11H14N2O5. The van der Waals surface area contributed by atoms with Crippen molar-refractivity contribution in [3.05, 3.63) is 24.2 Å². The summed E-state index contributed by atoms with van der Waals surface area (Å²) in [6, 6.07) is 3.25. The third kappa shape index (κ3) is 3.49. The van der Waals surface area contributed by atoms with Crippen LogP contribution < -0.4 is 5.48 Å². The van der Waals surface area contributed by atoms with Crippen molar-refractivity contribution >= 4 is 12.0 Å². The Balaban J connectivity index is 1.85. The van der Waals surface area contributed by atoms with Gasteiger partial charge in [0, 0.05) is 6.04 Å². The number of carbonyl (C=O) groups excluding carboxylic acids is 1. The highest BCUT2D eigenvalue weighted by molar-refractivity contribution is 5.74. The molecule has 0 unspecified atom stereocenters. The maximum Gasteiger partial charge on any atom is 0.341 e. The number of rotatable bonds is 6. The van der Waals surface area contributed by atoms with E-state index in [1.807, 2.05) is 0 Å². The first-order valence-corrected chi connectivity index (χ1v) is 5.59. The number of nitrogens with zero attached hydrogens (tertiary/aromatic N) is 1. The zero-order valence-corrected chi connectivity index (χ0v) is 9.67. The Labute approximate surface area is 103 Å². The number of hydrogen-bond acceptors (Lipinski definition) is 4. The third-order valence-corrected chi connectivity index (χ3v) is 2.51. The number of hydroxylamine groups is 1. The minimum absolute atomic E-state index is 0.170. The maximum atomic E-state index is 11.8. The van der Waals surface area contributed by atoms with Gasteiger partial charge < -0.3 is 14.4 Å². The van der Waals surface area contributed by atoms with E-state index in [9.17, 15) is 9.59 Å². The minimum atomic E-state index is -1.14. The molecule has 1 aliphatic rings. The zero-order chi connectivity index (χ0) is 13.0. The van der Waals surface area contributed by atoms with Gasteiger partial charge in [-0.3, -0.25) is 4.84 Å². The quantitative estimate of drug-likeness (QED) is 0.738. The van der Waals surface area contributed by atoms with Gasteiger partial charge in [-0.2, -0.15) is 0 Å². The summed E-state index contributed by atoms with van der Waals surface area (Å²) < 4.78 is 5.18. The fourth-order valence-corrected chi connectivity index (χ4v) is 1.54. The van der Waals surface area contributed by atoms with Crippen LogP contribution in [0.1, 0.15) is 18.6 Å². The summed E-state index contributed by atoms with van der Waals surface area (Å²) in [5.74, 6) is -0.463. The molecule has 0 bridgehead atoms. The second kappa shape index (κ2) is 5.54. The van der Waals surface area contributed by atoms with Gasteiger partial charge in [0.2, 0.25) is 0 Å². The van der Waals surface area contributed by atoms with Crippen LogP contribution in [0.5, 0.6) is 0 Å². The molecule has 18 heavy (non-hydrogen) atoms. The van der Waals surface area contributed by atoms with Gasteiger partial charge in [0.15, 0.2) is 6.61 Å². The average Bonchev–Trinajstić information content (AvgIpc) is 3.02. The van der Waals surface area contributed by atoms with Crippen LogP contribution in [0.25, 0.3) is 0 Å². The number of carboxylic acids is 1. The molecule has 1 fully saturated rings. The highest BCUT2D eigenvalue weighted by Crippen LogP contribution is 2.28. The van der Waals surface area contributed by atoms with Crippen LogP contribution in [-0.4, -0.2) is 34.7 Å². The standard InChI is InChI=1S/C11H14N2O5/c14-10(15)7-18-12-11(16)13(8-3-4-8)6-9-2-1-5-17-9/h1-2,5,8H,3-4,6-7H2,(H,12,16)(H,14,15). The number of nitrogens with one attached hydrogen (secondary N) is 1. The Morgan fingerprint density at radius 1 is 1.56 bits per heavy atom. The van der Waals surface area contributed by atoms with Crippen molar-refractivity contribution in [1.29, 1.82) is 0 Å². The van der Waals surface area contributed by atoms with Crippen LogP contribution in [0.15, 0.2) is 22.8 Å². The van der Waals surface area contributed by atoms with E-state index in [-0.39, 0.29) is 6.04 Å². The van der Waals surface area contributed by atoms with Crippen molar-refractivity contribution in [3.8, 4) is 0 Å². The number of aliphatic carboxylic acids is 1. The van der Waals surface area contributed by atoms with Crippen molar-refractivity contribution in [2.24, 2.45) is 0 Å². The topological polar surface area (TPSA) is 92.0 Å². The molecule has 0 saturated heterocycles. The molecule has 2 amide bonds. The van der Waals surface area contributed by atoms with Gasteiger partial charge >= 0.3 is 12.0 Å². The van der Waals surface area contributed by atoms with Gasteiger partial charge in [-0.1, -0.05) is 0 Å². The molecule has 1 aromatic rings. The maximum absolute atomic E-state index is 11.8. The van der Waals surface area contributed by atoms with Crippen LogP contribution in [-0.2, 0) is 16.2 Å². The number of carbonyl (C=O) groups is 2. The zero-order valence-electron chi connectivity index (χ0n) is 9.67. The predicted molar refractivity (Wildman–Crippen MR) is 59.4 cm³/mol. The first kappa shape index (κ1) is 12.4. The third-order valence-electron chi connectivity index (χ3n) is 2.51. The molecule has 0 radical (unpaired) electrons. The summed E-state index contributed by atoms with van der Waals surface area (Å²) in [5, 5.41) is 8.39. The Bertz CT molecular complexity index is 413. The predicted octanol–water partition coefficient (Wildman–Crippen LogP) is 0.970. The molecule has 2 N–H and O–H groups in total. The lowest BCUT2D eigenvalue weighted by Gasteiger charge is -2.21. The smallest absolute Gasteiger partial charge is 0.341 e. The first-order chi connectivity index (χ1) is 8.66. The van der Waals surface area contributed by atoms with E-state index in [0.717, 1.165) is 12.8 Å². The van der Waals surface area contributed by atoms with E-state index in [2.05, 4.69) is 10.3 Å². The molecule has 1 aliphatic carbocycles. The monoisotopic (exact) mass is 254 g/mol. The van der Waals surface area contributed by atoms with Crippen molar-refractivity contribution in [2.45, 2.75) is 25.4 Å². The molecule has 0 atom stereocenters. The summed E-state index contributed by atoms with van der Waals surface area (Å²) in [5.41, 5.74) is 2.11. The van der Waals surface area contributed by atoms with E-state index >= 15 is 0 Å². The molecular weight excluding hydrogens is 240 g/mol. The largest absolute Gasteiger partial charge is 0.479 e. The molecule has 1 saturated carbocycles. The van der Waals surface area contributed by atoms with Crippen molar-refractivity contribution < 1.29 is 24.0 Å². The van der Waals surface area contributed by atoms with E-state index in [1.165, 1.54) is 0 Å². The molecule has 0 spiro atoms. The summed E-state index contributed by atoms with van der Waals surface area (Å²) in [6.45, 7) is -0.217. The second-order valence-corrected chi connectivity index (χ2v) is 4.03. The number of carboxylic acid groups (broad SMARTS) is 1. The summed E-state index contributed by atoms with van der Waals surface area (Å²) in [7, 11) is 0. The van der Waals surface area contributed by atoms with Crippen LogP contribution in [0.3, 0.4) is 0 Å². The van der Waals surface area contributed by atoms with Gasteiger partial charge in [0.05, 0.1) is 12.8 Å². The summed E-state index contributed by atoms with van der Waals surface area (Å²) >= 11 is 0. The van der Waals surface area contributed by atoms with Crippen LogP contribution in [0, 0.1) is 0 Å². The Morgan fingerprint density at radius 2 is 2.33 bits per heavy atom. The van der Waals surface area contributed by atoms with Crippen LogP contribution in [0.4, 0.5) is 4.79 Å². The Kier molecular flexibility index (Phi) is 3.83. The van der Waals surface area contributed by atoms with Crippen molar-refractivity contribution in [1.82, 2.24) is 10.4 Å². The second-order valence-electron chi connectivity index (χ2n) is 4.03. The van der Waals surface area contributed by atoms with E-state index in [0.29, 0.717) is 12.3 Å². The number of furan rings is 1. The fraction of sp³-hybridized carbons (Fsp3) is 0.455. The van der Waals surface area contributed by atoms with Crippen molar-refractivity contribution in [3.63, 3.8) is 0 Å². The Morgan fingerprint density at radius 3 is 2.89 bits per heavy atom. The van der Waals surface area contributed by atoms with Gasteiger partial charge in [0.25, 0.3) is 0 Å². The molecule has 98 valence electrons. The van der Waals surface area contributed by atoms with Crippen molar-refractivity contribution in [2.75, 3.05) is 6.61 Å². The fourth-order valence-electron chi connectivity index (χ4n) is 1.54. The summed E-state index contributed by atoms with van der Waals surface area (Å²) in [6.07, 6.45) is 3.42. The normalized spacial score (nSPS) is 14.2. The number of urea groups is 1. The van der Waals surface area contributed by atoms with Gasteiger partial charge in [-0.05, 0) is 25.0 Å². The van der Waals surface area contributed by atoms with E-state index in [4.69, 9.17) is 9.52 Å². The van der Waals surface area contributed by atoms with Gasteiger partial charge in [-0.25, -0.2) is 15.1 Å². The number of hydrogen-bond donors (Lipinski definition) is 2. The van der Waals surface area contributed by atoms with Gasteiger partial charge in [-0.15, -0.1) is 0 Å². The molecule has 2 rings (SSSR count). The molecule has 1 heterocycles. The van der Waals surface area contributed by atoms with Gasteiger partial charge in [0.1, 0.15) is 5.76 Å². The average molecular weight is 254 g/mol. The first-order valence-electron chi connectivity index (χ1n) is 5.59. The minimum Gasteiger partial charge on any atom is -0.479 e. The highest BCUT2D eigenvalue weighted by Gasteiger charge is 2.33. The number of amides is 2. The molecule has 7 nitrogen and oxygen atoms in total. The van der Waals surface area contributed by atoms with Crippen LogP contribution in [0.2, 0.25) is 0 Å². The van der Waals surface area contributed by atoms with Crippen LogP contribution >= 0.6 is 0 Å². The molecule has 0 aromatic carbocycles. The lowest BCUT2D eigenvalue weighted by atomic mass is 10.4. The van der Waals surface area contributed by atoms with E-state index in [1.54, 1.807) is 23.3 Å². The molecule has 1 aromatic heterocycles. The highest BCUT2D eigenvalue weighted by atomic mass is 16.7.